The molecule has 1 saturated carbocycles. The predicted molar refractivity (Wildman–Crippen MR) is 46.5 cm³/mol. The van der Waals surface area contributed by atoms with Gasteiger partial charge in [0, 0.05) is 11.5 Å². The Morgan fingerprint density at radius 3 is 2.29 bits per heavy atom. The molecule has 3 aliphatic carbocycles. The molecular weight excluding hydrogens is 189 g/mol. The second-order valence-corrected chi connectivity index (χ2v) is 4.59. The number of alkyl halides is 3. The molecule has 3 heteroatoms. The van der Waals surface area contributed by atoms with Crippen LogP contribution in [0.2, 0.25) is 0 Å². The van der Waals surface area contributed by atoms with Crippen molar-refractivity contribution in [2.24, 2.45) is 23.7 Å². The Balaban J connectivity index is 2.00. The molecule has 0 nitrogen and oxygen atoms in total. The van der Waals surface area contributed by atoms with Crippen LogP contribution in [0.3, 0.4) is 0 Å². The van der Waals surface area contributed by atoms with Crippen LogP contribution in [0, 0.1) is 23.7 Å². The minimum absolute atomic E-state index is 0.172. The first-order valence-electron chi connectivity index (χ1n) is 4.96. The highest BCUT2D eigenvalue weighted by atomic mass is 19.4. The van der Waals surface area contributed by atoms with Crippen LogP contribution < -0.4 is 0 Å². The van der Waals surface area contributed by atoms with E-state index in [1.165, 1.54) is 0 Å². The smallest absolute Gasteiger partial charge is 0.166 e. The fourth-order valence-corrected chi connectivity index (χ4v) is 3.56. The van der Waals surface area contributed by atoms with E-state index in [4.69, 9.17) is 0 Å². The summed E-state index contributed by atoms with van der Waals surface area (Å²) in [6.45, 7) is 1.65. The molecule has 14 heavy (non-hydrogen) atoms. The van der Waals surface area contributed by atoms with Crippen molar-refractivity contribution in [3.63, 3.8) is 0 Å². The van der Waals surface area contributed by atoms with Gasteiger partial charge in [0.1, 0.15) is 0 Å². The zero-order valence-electron chi connectivity index (χ0n) is 7.81. The van der Waals surface area contributed by atoms with Gasteiger partial charge in [0.05, 0.1) is 0 Å². The average Bonchev–Trinajstić information content (AvgIpc) is 2.55. The first-order chi connectivity index (χ1) is 6.50. The molecule has 4 atom stereocenters. The summed E-state index contributed by atoms with van der Waals surface area (Å²) in [6.07, 6.45) is 0.919. The molecule has 0 aromatic carbocycles. The summed E-state index contributed by atoms with van der Waals surface area (Å²) in [5.74, 6) is 0.577. The topological polar surface area (TPSA) is 0 Å². The van der Waals surface area contributed by atoms with Gasteiger partial charge >= 0.3 is 6.18 Å². The molecule has 3 rings (SSSR count). The third-order valence-corrected chi connectivity index (χ3v) is 4.02. The third kappa shape index (κ3) is 0.812. The number of hydrogen-bond donors (Lipinski definition) is 0. The summed E-state index contributed by atoms with van der Waals surface area (Å²) in [4.78, 5) is 0. The van der Waals surface area contributed by atoms with E-state index >= 15 is 0 Å². The van der Waals surface area contributed by atoms with E-state index in [1.54, 1.807) is 6.92 Å². The second-order valence-electron chi connectivity index (χ2n) is 4.59. The van der Waals surface area contributed by atoms with Crippen molar-refractivity contribution < 1.29 is 13.2 Å². The second kappa shape index (κ2) is 2.26. The number of fused-ring (bicyclic) bond motifs is 5. The van der Waals surface area contributed by atoms with Crippen LogP contribution in [0.4, 0.5) is 13.2 Å². The molecule has 3 aliphatic rings. The lowest BCUT2D eigenvalue weighted by Crippen LogP contribution is -2.39. The van der Waals surface area contributed by atoms with Crippen molar-refractivity contribution in [3.8, 4) is 0 Å². The van der Waals surface area contributed by atoms with E-state index in [-0.39, 0.29) is 23.3 Å². The maximum absolute atomic E-state index is 12.6. The Morgan fingerprint density at radius 2 is 1.71 bits per heavy atom. The SMILES string of the molecule is CC1=C(C(F)(F)F)C2C3C=CC(C3)C12. The molecule has 0 aromatic rings. The third-order valence-electron chi connectivity index (χ3n) is 4.02. The van der Waals surface area contributed by atoms with Gasteiger partial charge in [-0.05, 0) is 31.1 Å². The Morgan fingerprint density at radius 1 is 1.14 bits per heavy atom. The standard InChI is InChI=1S/C11H11F3/c1-5-8-6-2-3-7(4-6)9(8)10(5)11(12,13)14/h2-3,6-9H,4H2,1H3. The highest BCUT2D eigenvalue weighted by molar-refractivity contribution is 5.42. The maximum atomic E-state index is 12.6. The van der Waals surface area contributed by atoms with Crippen LogP contribution in [0.1, 0.15) is 13.3 Å². The fourth-order valence-electron chi connectivity index (χ4n) is 3.56. The lowest BCUT2D eigenvalue weighted by atomic mass is 9.63. The van der Waals surface area contributed by atoms with Crippen molar-refractivity contribution in [1.82, 2.24) is 0 Å². The monoisotopic (exact) mass is 200 g/mol. The molecule has 0 saturated heterocycles. The summed E-state index contributed by atoms with van der Waals surface area (Å²) >= 11 is 0. The van der Waals surface area contributed by atoms with Gasteiger partial charge in [-0.15, -0.1) is 0 Å². The van der Waals surface area contributed by atoms with Crippen LogP contribution in [0.25, 0.3) is 0 Å². The van der Waals surface area contributed by atoms with Crippen molar-refractivity contribution >= 4 is 0 Å². The van der Waals surface area contributed by atoms with Crippen LogP contribution in [0.5, 0.6) is 0 Å². The lowest BCUT2D eigenvalue weighted by Gasteiger charge is -2.42. The molecule has 0 aromatic heterocycles. The number of hydrogen-bond acceptors (Lipinski definition) is 0. The molecule has 0 amide bonds. The number of halogens is 3. The maximum Gasteiger partial charge on any atom is 0.412 e. The highest BCUT2D eigenvalue weighted by Crippen LogP contribution is 2.63. The van der Waals surface area contributed by atoms with Crippen LogP contribution >= 0.6 is 0 Å². The molecule has 2 bridgehead atoms. The summed E-state index contributed by atoms with van der Waals surface area (Å²) < 4.78 is 37.9. The van der Waals surface area contributed by atoms with Gasteiger partial charge in [0.15, 0.2) is 0 Å². The van der Waals surface area contributed by atoms with E-state index in [2.05, 4.69) is 6.08 Å². The van der Waals surface area contributed by atoms with Crippen molar-refractivity contribution in [2.75, 3.05) is 0 Å². The zero-order chi connectivity index (χ0) is 10.1. The quantitative estimate of drug-likeness (QED) is 0.526. The molecular formula is C11H11F3. The Bertz CT molecular complexity index is 348. The van der Waals surface area contributed by atoms with Crippen LogP contribution in [-0.2, 0) is 0 Å². The lowest BCUT2D eigenvalue weighted by molar-refractivity contribution is -0.110. The zero-order valence-corrected chi connectivity index (χ0v) is 7.81. The Labute approximate surface area is 80.5 Å². The van der Waals surface area contributed by atoms with E-state index < -0.39 is 6.18 Å². The Hall–Kier alpha value is -0.730. The van der Waals surface area contributed by atoms with Gasteiger partial charge in [-0.25, -0.2) is 0 Å². The van der Waals surface area contributed by atoms with Crippen LogP contribution in [-0.4, -0.2) is 6.18 Å². The van der Waals surface area contributed by atoms with Gasteiger partial charge < -0.3 is 0 Å². The molecule has 0 aliphatic heterocycles. The highest BCUT2D eigenvalue weighted by Gasteiger charge is 2.59. The van der Waals surface area contributed by atoms with Gasteiger partial charge in [0.25, 0.3) is 0 Å². The largest absolute Gasteiger partial charge is 0.412 e. The van der Waals surface area contributed by atoms with Gasteiger partial charge in [-0.3, -0.25) is 0 Å². The summed E-state index contributed by atoms with van der Waals surface area (Å²) in [5.41, 5.74) is 0.374. The first kappa shape index (κ1) is 8.57. The van der Waals surface area contributed by atoms with Gasteiger partial charge in [0.2, 0.25) is 0 Å². The van der Waals surface area contributed by atoms with E-state index in [9.17, 15) is 13.2 Å². The first-order valence-corrected chi connectivity index (χ1v) is 4.96. The van der Waals surface area contributed by atoms with E-state index in [0.29, 0.717) is 11.5 Å². The molecule has 76 valence electrons. The summed E-state index contributed by atoms with van der Waals surface area (Å²) in [5, 5.41) is 0. The van der Waals surface area contributed by atoms with Crippen molar-refractivity contribution in [3.05, 3.63) is 23.3 Å². The predicted octanol–water partition coefficient (Wildman–Crippen LogP) is 3.32. The number of rotatable bonds is 0. The Kier molecular flexibility index (Phi) is 1.38. The molecule has 0 heterocycles. The van der Waals surface area contributed by atoms with Gasteiger partial charge in [-0.2, -0.15) is 13.2 Å². The van der Waals surface area contributed by atoms with Gasteiger partial charge in [-0.1, -0.05) is 17.7 Å². The van der Waals surface area contributed by atoms with E-state index in [0.717, 1.165) is 6.42 Å². The summed E-state index contributed by atoms with van der Waals surface area (Å²) in [6, 6.07) is 0. The molecule has 0 radical (unpaired) electrons. The van der Waals surface area contributed by atoms with Crippen molar-refractivity contribution in [2.45, 2.75) is 19.5 Å². The minimum atomic E-state index is -4.09. The average molecular weight is 200 g/mol. The molecule has 1 fully saturated rings. The minimum Gasteiger partial charge on any atom is -0.166 e. The number of allylic oxidation sites excluding steroid dienone is 4. The van der Waals surface area contributed by atoms with Crippen LogP contribution in [0.15, 0.2) is 23.3 Å². The van der Waals surface area contributed by atoms with Crippen molar-refractivity contribution in [1.29, 1.82) is 0 Å². The molecule has 0 N–H and O–H groups in total. The van der Waals surface area contributed by atoms with E-state index in [1.807, 2.05) is 6.08 Å². The molecule has 0 spiro atoms. The fraction of sp³-hybridized carbons (Fsp3) is 0.636. The normalized spacial score (nSPS) is 44.3. The summed E-state index contributed by atoms with van der Waals surface area (Å²) in [7, 11) is 0. The molecule has 4 unspecified atom stereocenters.